The summed E-state index contributed by atoms with van der Waals surface area (Å²) >= 11 is 0. The van der Waals surface area contributed by atoms with Gasteiger partial charge in [0.05, 0.1) is 16.0 Å². The molecule has 0 aliphatic rings. The minimum Gasteiger partial charge on any atom is -0.280 e. The first-order valence-electron chi connectivity index (χ1n) is 9.03. The van der Waals surface area contributed by atoms with Crippen molar-refractivity contribution in [1.29, 1.82) is 0 Å². The summed E-state index contributed by atoms with van der Waals surface area (Å²) in [5.41, 5.74) is 2.91. The molecule has 1 heterocycles. The molecule has 29 heavy (non-hydrogen) atoms. The Morgan fingerprint density at radius 2 is 1.66 bits per heavy atom. The number of aromatic amines is 1. The van der Waals surface area contributed by atoms with Crippen molar-refractivity contribution >= 4 is 26.5 Å². The molecule has 0 saturated carbocycles. The molecule has 3 aromatic carbocycles. The number of sulfonamides is 1. The monoisotopic (exact) mass is 405 g/mol. The number of aromatic nitrogens is 2. The highest BCUT2D eigenvalue weighted by molar-refractivity contribution is 7.92. The molecule has 6 nitrogen and oxygen atoms in total. The third kappa shape index (κ3) is 3.64. The quantitative estimate of drug-likeness (QED) is 0.537. The number of fused-ring (bicyclic) bond motifs is 1. The lowest BCUT2D eigenvalue weighted by molar-refractivity contribution is 0.600. The molecule has 0 spiro atoms. The van der Waals surface area contributed by atoms with Crippen LogP contribution in [-0.4, -0.2) is 18.6 Å². The summed E-state index contributed by atoms with van der Waals surface area (Å²) in [5.74, 6) is 0. The van der Waals surface area contributed by atoms with E-state index in [-0.39, 0.29) is 10.5 Å². The Morgan fingerprint density at radius 3 is 2.41 bits per heavy atom. The van der Waals surface area contributed by atoms with Gasteiger partial charge < -0.3 is 0 Å². The maximum atomic E-state index is 13.0. The maximum absolute atomic E-state index is 13.0. The van der Waals surface area contributed by atoms with Crippen LogP contribution in [-0.2, 0) is 10.0 Å². The zero-order chi connectivity index (χ0) is 20.6. The van der Waals surface area contributed by atoms with Crippen LogP contribution in [0.5, 0.6) is 0 Å². The molecule has 0 bridgehead atoms. The standard InChI is InChI=1S/C22H19N3O3S/c1-14-6-5-7-17(12-14)25-29(27,28)20-13-16(11-10-15(20)2)21-18-8-3-4-9-19(18)22(26)24-23-21/h3-13,25H,1-2H3,(H,24,26). The van der Waals surface area contributed by atoms with Gasteiger partial charge in [0.1, 0.15) is 0 Å². The van der Waals surface area contributed by atoms with Crippen molar-refractivity contribution in [1.82, 2.24) is 10.2 Å². The minimum atomic E-state index is -3.80. The summed E-state index contributed by atoms with van der Waals surface area (Å²) in [6.07, 6.45) is 0. The smallest absolute Gasteiger partial charge is 0.272 e. The molecular weight excluding hydrogens is 386 g/mol. The van der Waals surface area contributed by atoms with Crippen molar-refractivity contribution in [2.75, 3.05) is 4.72 Å². The van der Waals surface area contributed by atoms with Crippen LogP contribution in [0.2, 0.25) is 0 Å². The zero-order valence-electron chi connectivity index (χ0n) is 15.9. The zero-order valence-corrected chi connectivity index (χ0v) is 16.7. The number of nitrogens with zero attached hydrogens (tertiary/aromatic N) is 1. The van der Waals surface area contributed by atoms with Crippen LogP contribution in [0, 0.1) is 13.8 Å². The van der Waals surface area contributed by atoms with Crippen LogP contribution in [0.4, 0.5) is 5.69 Å². The molecule has 2 N–H and O–H groups in total. The molecule has 0 aliphatic carbocycles. The number of hydrogen-bond acceptors (Lipinski definition) is 4. The molecule has 0 fully saturated rings. The Hall–Kier alpha value is -3.45. The Labute approximate surface area is 168 Å². The van der Waals surface area contributed by atoms with Crippen LogP contribution in [0.15, 0.2) is 76.4 Å². The van der Waals surface area contributed by atoms with E-state index in [1.54, 1.807) is 61.5 Å². The van der Waals surface area contributed by atoms with E-state index in [2.05, 4.69) is 14.9 Å². The Bertz CT molecular complexity index is 1390. The molecule has 4 aromatic rings. The molecule has 0 radical (unpaired) electrons. The first-order valence-corrected chi connectivity index (χ1v) is 10.5. The predicted molar refractivity (Wildman–Crippen MR) is 115 cm³/mol. The van der Waals surface area contributed by atoms with Gasteiger partial charge in [0, 0.05) is 16.6 Å². The number of nitrogens with one attached hydrogen (secondary N) is 2. The normalized spacial score (nSPS) is 11.5. The number of anilines is 1. The average molecular weight is 405 g/mol. The van der Waals surface area contributed by atoms with Crippen molar-refractivity contribution in [3.8, 4) is 11.3 Å². The molecule has 0 saturated heterocycles. The van der Waals surface area contributed by atoms with Gasteiger partial charge >= 0.3 is 0 Å². The summed E-state index contributed by atoms with van der Waals surface area (Å²) in [6.45, 7) is 3.64. The third-order valence-corrected chi connectivity index (χ3v) is 6.24. The Balaban J connectivity index is 1.83. The highest BCUT2D eigenvalue weighted by Gasteiger charge is 2.19. The molecular formula is C22H19N3O3S. The van der Waals surface area contributed by atoms with Gasteiger partial charge in [0.25, 0.3) is 15.6 Å². The second-order valence-corrected chi connectivity index (χ2v) is 8.55. The fourth-order valence-corrected chi connectivity index (χ4v) is 4.61. The van der Waals surface area contributed by atoms with Crippen LogP contribution < -0.4 is 10.3 Å². The van der Waals surface area contributed by atoms with Crippen molar-refractivity contribution in [2.45, 2.75) is 18.7 Å². The SMILES string of the molecule is Cc1cccc(NS(=O)(=O)c2cc(-c3n[nH]c(=O)c4ccccc34)ccc2C)c1. The molecule has 0 aliphatic heterocycles. The first-order chi connectivity index (χ1) is 13.8. The van der Waals surface area contributed by atoms with E-state index in [9.17, 15) is 13.2 Å². The summed E-state index contributed by atoms with van der Waals surface area (Å²) in [4.78, 5) is 12.2. The fraction of sp³-hybridized carbons (Fsp3) is 0.0909. The summed E-state index contributed by atoms with van der Waals surface area (Å²) in [6, 6.07) is 19.4. The van der Waals surface area contributed by atoms with E-state index >= 15 is 0 Å². The highest BCUT2D eigenvalue weighted by Crippen LogP contribution is 2.29. The van der Waals surface area contributed by atoms with E-state index in [1.165, 1.54) is 0 Å². The highest BCUT2D eigenvalue weighted by atomic mass is 32.2. The van der Waals surface area contributed by atoms with Crippen LogP contribution in [0.3, 0.4) is 0 Å². The van der Waals surface area contributed by atoms with Crippen LogP contribution in [0.25, 0.3) is 22.0 Å². The predicted octanol–water partition coefficient (Wildman–Crippen LogP) is 4.01. The van der Waals surface area contributed by atoms with E-state index in [4.69, 9.17) is 0 Å². The second-order valence-electron chi connectivity index (χ2n) is 6.90. The number of rotatable bonds is 4. The molecule has 146 valence electrons. The molecule has 7 heteroatoms. The number of aryl methyl sites for hydroxylation is 2. The third-order valence-electron chi connectivity index (χ3n) is 4.72. The summed E-state index contributed by atoms with van der Waals surface area (Å²) in [5, 5.41) is 7.82. The van der Waals surface area contributed by atoms with E-state index in [0.717, 1.165) is 5.56 Å². The number of benzene rings is 3. The summed E-state index contributed by atoms with van der Waals surface area (Å²) in [7, 11) is -3.80. The topological polar surface area (TPSA) is 91.9 Å². The molecule has 0 unspecified atom stereocenters. The van der Waals surface area contributed by atoms with Crippen LogP contribution >= 0.6 is 0 Å². The lowest BCUT2D eigenvalue weighted by Crippen LogP contribution is -2.15. The lowest BCUT2D eigenvalue weighted by atomic mass is 10.0. The van der Waals surface area contributed by atoms with Gasteiger partial charge in [-0.25, -0.2) is 13.5 Å². The fourth-order valence-electron chi connectivity index (χ4n) is 3.29. The summed E-state index contributed by atoms with van der Waals surface area (Å²) < 4.78 is 28.7. The van der Waals surface area contributed by atoms with Gasteiger partial charge in [0.15, 0.2) is 0 Å². The van der Waals surface area contributed by atoms with Crippen molar-refractivity contribution in [3.63, 3.8) is 0 Å². The van der Waals surface area contributed by atoms with Gasteiger partial charge in [-0.3, -0.25) is 9.52 Å². The molecule has 1 aromatic heterocycles. The Kier molecular flexibility index (Phi) is 4.68. The first kappa shape index (κ1) is 18.9. The largest absolute Gasteiger partial charge is 0.280 e. The minimum absolute atomic E-state index is 0.161. The van der Waals surface area contributed by atoms with Crippen molar-refractivity contribution < 1.29 is 8.42 Å². The van der Waals surface area contributed by atoms with E-state index in [0.29, 0.717) is 33.3 Å². The van der Waals surface area contributed by atoms with Gasteiger partial charge in [-0.1, -0.05) is 42.5 Å². The number of hydrogen-bond donors (Lipinski definition) is 2. The lowest BCUT2D eigenvalue weighted by Gasteiger charge is -2.13. The number of H-pyrrole nitrogens is 1. The van der Waals surface area contributed by atoms with Crippen molar-refractivity contribution in [3.05, 3.63) is 88.2 Å². The van der Waals surface area contributed by atoms with Gasteiger partial charge in [-0.2, -0.15) is 5.10 Å². The maximum Gasteiger partial charge on any atom is 0.272 e. The van der Waals surface area contributed by atoms with Crippen LogP contribution in [0.1, 0.15) is 11.1 Å². The van der Waals surface area contributed by atoms with Gasteiger partial charge in [-0.15, -0.1) is 0 Å². The van der Waals surface area contributed by atoms with E-state index < -0.39 is 10.0 Å². The molecule has 0 atom stereocenters. The molecule has 0 amide bonds. The average Bonchev–Trinajstić information content (AvgIpc) is 2.69. The van der Waals surface area contributed by atoms with E-state index in [1.807, 2.05) is 19.1 Å². The van der Waals surface area contributed by atoms with Gasteiger partial charge in [0.2, 0.25) is 0 Å². The Morgan fingerprint density at radius 1 is 0.897 bits per heavy atom. The van der Waals surface area contributed by atoms with Gasteiger partial charge in [-0.05, 0) is 49.2 Å². The molecule has 4 rings (SSSR count). The van der Waals surface area contributed by atoms with Crippen molar-refractivity contribution in [2.24, 2.45) is 0 Å². The second kappa shape index (κ2) is 7.18.